The Labute approximate surface area is 117 Å². The number of rotatable bonds is 3. The molecular weight excluding hydrogens is 316 g/mol. The molecule has 0 fully saturated rings. The molecule has 5 nitrogen and oxygen atoms in total. The number of carbonyl (C=O) groups excluding carboxylic acids is 1. The van der Waals surface area contributed by atoms with Crippen molar-refractivity contribution >= 4 is 28.0 Å². The van der Waals surface area contributed by atoms with Crippen LogP contribution in [0.15, 0.2) is 22.6 Å². The summed E-state index contributed by atoms with van der Waals surface area (Å²) in [6, 6.07) is 2.97. The van der Waals surface area contributed by atoms with Gasteiger partial charge in [0.25, 0.3) is 5.69 Å². The van der Waals surface area contributed by atoms with E-state index in [1.54, 1.807) is 0 Å². The van der Waals surface area contributed by atoms with Crippen molar-refractivity contribution < 1.29 is 36.5 Å². The van der Waals surface area contributed by atoms with Crippen LogP contribution in [0, 0.1) is 5.82 Å². The molecule has 1 amide bonds. The van der Waals surface area contributed by atoms with E-state index in [0.29, 0.717) is 4.74 Å². The highest BCUT2D eigenvalue weighted by atomic mass is 32.2. The zero-order valence-corrected chi connectivity index (χ0v) is 11.5. The minimum absolute atomic E-state index is 0.000996. The molecule has 1 unspecified atom stereocenters. The van der Waals surface area contributed by atoms with E-state index in [2.05, 4.69) is 11.1 Å². The van der Waals surface area contributed by atoms with E-state index in [1.807, 2.05) is 0 Å². The summed E-state index contributed by atoms with van der Waals surface area (Å²) in [4.78, 5) is 10.7. The highest BCUT2D eigenvalue weighted by Crippen LogP contribution is 2.20. The minimum atomic E-state index is -5.22. The van der Waals surface area contributed by atoms with Crippen LogP contribution in [0.5, 0.6) is 0 Å². The van der Waals surface area contributed by atoms with Gasteiger partial charge in [-0.2, -0.15) is 17.5 Å². The normalized spacial score (nSPS) is 14.3. The molecule has 1 rings (SSSR count). The maximum Gasteiger partial charge on any atom is 0.474 e. The number of nitrogens with zero attached hydrogens (tertiary/aromatic N) is 2. The summed E-state index contributed by atoms with van der Waals surface area (Å²) in [5.74, 6) is -3.87. The first-order valence-corrected chi connectivity index (χ1v) is 7.40. The third-order valence-electron chi connectivity index (χ3n) is 2.19. The molecule has 0 aliphatic carbocycles. The molecule has 0 saturated heterocycles. The predicted molar refractivity (Wildman–Crippen MR) is 66.5 cm³/mol. The van der Waals surface area contributed by atoms with Crippen molar-refractivity contribution in [2.45, 2.75) is 11.9 Å². The van der Waals surface area contributed by atoms with Crippen LogP contribution >= 0.6 is 0 Å². The van der Waals surface area contributed by atoms with Crippen LogP contribution in [0.2, 0.25) is 0 Å². The highest BCUT2D eigenvalue weighted by molar-refractivity contribution is 7.92. The van der Waals surface area contributed by atoms with Crippen LogP contribution in [0.4, 0.5) is 23.2 Å². The van der Waals surface area contributed by atoms with Gasteiger partial charge in [0, 0.05) is 17.1 Å². The van der Waals surface area contributed by atoms with Crippen LogP contribution in [0.3, 0.4) is 0 Å². The second-order valence-corrected chi connectivity index (χ2v) is 6.61. The fraction of sp³-hybridized carbons (Fsp3) is 0.273. The fourth-order valence-electron chi connectivity index (χ4n) is 1.43. The monoisotopic (exact) mass is 327 g/mol. The SMILES string of the molecule is C=[N+](O)c1cc(F)cc(CS(C)(=O)=NC(=O)C(F)(F)F)c1. The molecule has 0 aromatic heterocycles. The lowest BCUT2D eigenvalue weighted by atomic mass is 10.2. The number of alkyl halides is 3. The van der Waals surface area contributed by atoms with Gasteiger partial charge in [0.15, 0.2) is 6.72 Å². The molecule has 0 spiro atoms. The summed E-state index contributed by atoms with van der Waals surface area (Å²) in [7, 11) is -3.56. The van der Waals surface area contributed by atoms with Crippen molar-refractivity contribution in [2.24, 2.45) is 4.36 Å². The van der Waals surface area contributed by atoms with Gasteiger partial charge >= 0.3 is 12.1 Å². The second kappa shape index (κ2) is 5.80. The lowest BCUT2D eigenvalue weighted by Gasteiger charge is -2.06. The van der Waals surface area contributed by atoms with Gasteiger partial charge < -0.3 is 0 Å². The van der Waals surface area contributed by atoms with Crippen molar-refractivity contribution in [2.75, 3.05) is 6.26 Å². The zero-order chi connectivity index (χ0) is 16.4. The number of halogens is 4. The third-order valence-corrected chi connectivity index (χ3v) is 3.61. The second-order valence-electron chi connectivity index (χ2n) is 4.22. The van der Waals surface area contributed by atoms with E-state index >= 15 is 0 Å². The van der Waals surface area contributed by atoms with Crippen LogP contribution in [-0.4, -0.2) is 39.2 Å². The lowest BCUT2D eigenvalue weighted by Crippen LogP contribution is -2.22. The number of carbonyl (C=O) groups is 1. The Morgan fingerprint density at radius 2 is 2.00 bits per heavy atom. The molecular formula is C11H11F4N2O3S+. The average Bonchev–Trinajstić information content (AvgIpc) is 2.24. The maximum atomic E-state index is 13.3. The average molecular weight is 327 g/mol. The topological polar surface area (TPSA) is 69.7 Å². The van der Waals surface area contributed by atoms with Crippen molar-refractivity contribution in [3.8, 4) is 0 Å². The van der Waals surface area contributed by atoms with Crippen LogP contribution in [0.25, 0.3) is 0 Å². The van der Waals surface area contributed by atoms with E-state index in [1.165, 1.54) is 0 Å². The Hall–Kier alpha value is -1.97. The molecule has 0 radical (unpaired) electrons. The molecule has 0 bridgehead atoms. The van der Waals surface area contributed by atoms with Crippen LogP contribution in [-0.2, 0) is 20.3 Å². The highest BCUT2D eigenvalue weighted by Gasteiger charge is 2.39. The number of amides is 1. The summed E-state index contributed by atoms with van der Waals surface area (Å²) in [5, 5.41) is 9.08. The Bertz CT molecular complexity index is 706. The zero-order valence-electron chi connectivity index (χ0n) is 10.7. The molecule has 21 heavy (non-hydrogen) atoms. The number of benzene rings is 1. The van der Waals surface area contributed by atoms with E-state index in [9.17, 15) is 26.6 Å². The quantitative estimate of drug-likeness (QED) is 0.304. The van der Waals surface area contributed by atoms with Gasteiger partial charge in [0.1, 0.15) is 5.82 Å². The Morgan fingerprint density at radius 1 is 1.43 bits per heavy atom. The molecule has 1 N–H and O–H groups in total. The molecule has 1 aromatic rings. The van der Waals surface area contributed by atoms with Crippen molar-refractivity contribution in [1.82, 2.24) is 0 Å². The summed E-state index contributed by atoms with van der Waals surface area (Å²) in [6.45, 7) is 3.09. The lowest BCUT2D eigenvalue weighted by molar-refractivity contribution is -0.706. The predicted octanol–water partition coefficient (Wildman–Crippen LogP) is 2.25. The summed E-state index contributed by atoms with van der Waals surface area (Å²) >= 11 is 0. The first-order valence-electron chi connectivity index (χ1n) is 5.31. The van der Waals surface area contributed by atoms with E-state index in [0.717, 1.165) is 24.5 Å². The smallest absolute Gasteiger partial charge is 0.285 e. The summed E-state index contributed by atoms with van der Waals surface area (Å²) in [5.41, 5.74) is -0.0960. The molecule has 10 heteroatoms. The summed E-state index contributed by atoms with van der Waals surface area (Å²) < 4.78 is 64.4. The fourth-order valence-corrected chi connectivity index (χ4v) is 2.74. The molecule has 1 atom stereocenters. The first-order chi connectivity index (χ1) is 9.40. The van der Waals surface area contributed by atoms with Gasteiger partial charge in [-0.15, -0.1) is 0 Å². The Kier molecular flexibility index (Phi) is 4.72. The van der Waals surface area contributed by atoms with Crippen molar-refractivity contribution in [3.05, 3.63) is 29.6 Å². The largest absolute Gasteiger partial charge is 0.474 e. The molecule has 0 aliphatic heterocycles. The Morgan fingerprint density at radius 3 is 2.48 bits per heavy atom. The number of hydrogen-bond donors (Lipinski definition) is 1. The third kappa shape index (κ3) is 5.14. The molecule has 116 valence electrons. The van der Waals surface area contributed by atoms with Gasteiger partial charge in [0.2, 0.25) is 0 Å². The summed E-state index contributed by atoms with van der Waals surface area (Å²) in [6.07, 6.45) is -4.37. The van der Waals surface area contributed by atoms with E-state index < -0.39 is 33.4 Å². The maximum absolute atomic E-state index is 13.3. The van der Waals surface area contributed by atoms with Crippen molar-refractivity contribution in [1.29, 1.82) is 0 Å². The minimum Gasteiger partial charge on any atom is -0.285 e. The van der Waals surface area contributed by atoms with E-state index in [-0.39, 0.29) is 11.3 Å². The van der Waals surface area contributed by atoms with Crippen molar-refractivity contribution in [3.63, 3.8) is 0 Å². The van der Waals surface area contributed by atoms with Crippen LogP contribution < -0.4 is 0 Å². The number of hydrogen-bond acceptors (Lipinski definition) is 3. The standard InChI is InChI=1S/C11H11F4N2O3S/c1-17(19)9-4-7(3-8(12)5-9)6-21(2,20)16-10(18)11(13,14)15/h3-5,19H,1,6H2,2H3/q+1. The first kappa shape index (κ1) is 17.1. The molecule has 1 aromatic carbocycles. The molecule has 0 aliphatic rings. The molecule has 0 heterocycles. The van der Waals surface area contributed by atoms with E-state index in [4.69, 9.17) is 5.21 Å². The van der Waals surface area contributed by atoms with Gasteiger partial charge in [-0.3, -0.25) is 10.0 Å². The van der Waals surface area contributed by atoms with Gasteiger partial charge in [-0.25, -0.2) is 8.60 Å². The van der Waals surface area contributed by atoms with Crippen LogP contribution in [0.1, 0.15) is 5.56 Å². The van der Waals surface area contributed by atoms with Gasteiger partial charge in [-0.1, -0.05) is 0 Å². The Balaban J connectivity index is 3.16. The van der Waals surface area contributed by atoms with Gasteiger partial charge in [0.05, 0.1) is 21.5 Å². The molecule has 0 saturated carbocycles. The van der Waals surface area contributed by atoms with Gasteiger partial charge in [-0.05, 0) is 11.6 Å².